The van der Waals surface area contributed by atoms with Gasteiger partial charge < -0.3 is 89.9 Å². The molecule has 3 saturated heterocycles. The van der Waals surface area contributed by atoms with Gasteiger partial charge in [0.05, 0.1) is 38.6 Å². The Kier molecular flexibility index (Phi) is 51.8. The summed E-state index contributed by atoms with van der Waals surface area (Å²) < 4.78 is 34.4. The van der Waals surface area contributed by atoms with Crippen molar-refractivity contribution in [2.45, 2.75) is 375 Å². The summed E-state index contributed by atoms with van der Waals surface area (Å²) in [5.41, 5.74) is 0. The van der Waals surface area contributed by atoms with Crippen LogP contribution in [0.4, 0.5) is 0 Å². The monoisotopic (exact) mass is 1350 g/mol. The maximum atomic E-state index is 13.4. The summed E-state index contributed by atoms with van der Waals surface area (Å²) in [6.45, 7) is 1.69. The third kappa shape index (κ3) is 38.0. The van der Waals surface area contributed by atoms with Gasteiger partial charge in [0.2, 0.25) is 5.91 Å². The average molecular weight is 1350 g/mol. The highest BCUT2D eigenvalue weighted by molar-refractivity contribution is 5.76. The fraction of sp³-hybridized carbons (Fsp3) is 0.829. The molecule has 17 atom stereocenters. The van der Waals surface area contributed by atoms with Gasteiger partial charge in [-0.2, -0.15) is 0 Å². The molecule has 3 rings (SSSR count). The molecule has 0 aliphatic carbocycles. The lowest BCUT2D eigenvalue weighted by Gasteiger charge is -2.48. The van der Waals surface area contributed by atoms with Crippen molar-refractivity contribution in [2.24, 2.45) is 0 Å². The first-order chi connectivity index (χ1) is 46.3. The molecule has 0 aromatic heterocycles. The van der Waals surface area contributed by atoms with Gasteiger partial charge >= 0.3 is 0 Å². The van der Waals surface area contributed by atoms with Gasteiger partial charge in [0, 0.05) is 6.42 Å². The van der Waals surface area contributed by atoms with Crippen LogP contribution in [-0.2, 0) is 33.2 Å². The van der Waals surface area contributed by atoms with Gasteiger partial charge in [-0.05, 0) is 64.2 Å². The van der Waals surface area contributed by atoms with E-state index < -0.39 is 124 Å². The predicted octanol–water partition coefficient (Wildman–Crippen LogP) is 11.3. The molecule has 3 heterocycles. The van der Waals surface area contributed by atoms with Gasteiger partial charge in [0.1, 0.15) is 73.2 Å². The van der Waals surface area contributed by atoms with Crippen molar-refractivity contribution in [3.05, 3.63) is 72.9 Å². The van der Waals surface area contributed by atoms with Crippen molar-refractivity contribution in [1.29, 1.82) is 0 Å². The Morgan fingerprint density at radius 1 is 0.389 bits per heavy atom. The zero-order chi connectivity index (χ0) is 68.9. The second-order valence-electron chi connectivity index (χ2n) is 26.7. The van der Waals surface area contributed by atoms with E-state index in [1.54, 1.807) is 0 Å². The molecular weight excluding hydrogens is 1210 g/mol. The molecule has 12 N–H and O–H groups in total. The lowest BCUT2D eigenvalue weighted by molar-refractivity contribution is -0.379. The maximum Gasteiger partial charge on any atom is 0.220 e. The quantitative estimate of drug-likeness (QED) is 0.0199. The van der Waals surface area contributed by atoms with Crippen molar-refractivity contribution in [1.82, 2.24) is 5.32 Å². The van der Waals surface area contributed by atoms with Crippen molar-refractivity contribution in [3.63, 3.8) is 0 Å². The standard InChI is InChI=1S/C76H135NO18/c1-3-5-7-9-11-13-15-17-18-19-20-21-22-23-24-25-26-27-28-29-30-31-32-33-34-35-36-37-38-39-40-42-44-46-48-50-52-54-64(82)77-59(60(81)53-51-49-47-45-43-41-16-14-12-10-8-6-4-2)58-90-74-70(88)67(85)72(62(56-79)92-74)95-76-71(89)68(86)73(63(57-80)93-76)94-75-69(87)66(84)65(83)61(55-78)91-75/h5,7,11,13,17-18,20-21,23-24,26-27,59-63,65-76,78-81,83-89H,3-4,6,8-10,12,14-16,19,22,25,28-58H2,1-2H3,(H,77,82)/b7-5-,13-11-,18-17-,21-20-,24-23-,27-26-. The zero-order valence-electron chi connectivity index (χ0n) is 58.6. The lowest BCUT2D eigenvalue weighted by atomic mass is 9.96. The first-order valence-electron chi connectivity index (χ1n) is 37.7. The van der Waals surface area contributed by atoms with Gasteiger partial charge in [0.25, 0.3) is 0 Å². The van der Waals surface area contributed by atoms with Crippen LogP contribution in [0.5, 0.6) is 0 Å². The number of carbonyl (C=O) groups is 1. The number of amides is 1. The van der Waals surface area contributed by atoms with Gasteiger partial charge in [-0.15, -0.1) is 0 Å². The Hall–Kier alpha value is -2.77. The summed E-state index contributed by atoms with van der Waals surface area (Å²) in [4.78, 5) is 13.4. The van der Waals surface area contributed by atoms with Crippen LogP contribution in [0.15, 0.2) is 72.9 Å². The lowest BCUT2D eigenvalue weighted by Crippen LogP contribution is -2.66. The molecule has 0 aromatic carbocycles. The third-order valence-corrected chi connectivity index (χ3v) is 18.5. The molecule has 0 bridgehead atoms. The minimum atomic E-state index is -1.97. The number of hydrogen-bond donors (Lipinski definition) is 12. The molecule has 95 heavy (non-hydrogen) atoms. The van der Waals surface area contributed by atoms with Gasteiger partial charge in [-0.3, -0.25) is 4.79 Å². The molecular formula is C76H135NO18. The van der Waals surface area contributed by atoms with Crippen LogP contribution in [-0.4, -0.2) is 193 Å². The fourth-order valence-electron chi connectivity index (χ4n) is 12.5. The number of aliphatic hydroxyl groups is 11. The molecule has 0 saturated carbocycles. The van der Waals surface area contributed by atoms with Gasteiger partial charge in [0.15, 0.2) is 18.9 Å². The van der Waals surface area contributed by atoms with E-state index in [0.29, 0.717) is 12.8 Å². The molecule has 1 amide bonds. The minimum absolute atomic E-state index is 0.242. The highest BCUT2D eigenvalue weighted by Gasteiger charge is 2.53. The van der Waals surface area contributed by atoms with Crippen molar-refractivity contribution in [3.8, 4) is 0 Å². The van der Waals surface area contributed by atoms with E-state index in [9.17, 15) is 61.0 Å². The Bertz CT molecular complexity index is 2000. The van der Waals surface area contributed by atoms with Crippen LogP contribution < -0.4 is 5.32 Å². The largest absolute Gasteiger partial charge is 0.394 e. The molecule has 3 aliphatic heterocycles. The van der Waals surface area contributed by atoms with E-state index in [0.717, 1.165) is 83.5 Å². The number of hydrogen-bond acceptors (Lipinski definition) is 18. The van der Waals surface area contributed by atoms with Crippen molar-refractivity contribution in [2.75, 3.05) is 26.4 Å². The molecule has 0 spiro atoms. The Labute approximate surface area is 572 Å². The molecule has 552 valence electrons. The van der Waals surface area contributed by atoms with Crippen LogP contribution >= 0.6 is 0 Å². The van der Waals surface area contributed by atoms with Crippen LogP contribution in [0.2, 0.25) is 0 Å². The topological polar surface area (TPSA) is 307 Å². The number of aliphatic hydroxyl groups excluding tert-OH is 11. The number of ether oxygens (including phenoxy) is 6. The smallest absolute Gasteiger partial charge is 0.220 e. The number of carbonyl (C=O) groups excluding carboxylic acids is 1. The van der Waals surface area contributed by atoms with Crippen LogP contribution in [0.1, 0.15) is 271 Å². The molecule has 0 aromatic rings. The summed E-state index contributed by atoms with van der Waals surface area (Å²) in [5.74, 6) is -0.242. The van der Waals surface area contributed by atoms with Crippen LogP contribution in [0.25, 0.3) is 0 Å². The third-order valence-electron chi connectivity index (χ3n) is 18.5. The Morgan fingerprint density at radius 3 is 1.14 bits per heavy atom. The van der Waals surface area contributed by atoms with Crippen molar-refractivity contribution >= 4 is 5.91 Å². The van der Waals surface area contributed by atoms with E-state index in [4.69, 9.17) is 28.4 Å². The average Bonchev–Trinajstić information content (AvgIpc) is 0.791. The van der Waals surface area contributed by atoms with Crippen LogP contribution in [0.3, 0.4) is 0 Å². The fourth-order valence-corrected chi connectivity index (χ4v) is 12.5. The first kappa shape index (κ1) is 86.5. The second-order valence-corrected chi connectivity index (χ2v) is 26.7. The maximum absolute atomic E-state index is 13.4. The molecule has 19 nitrogen and oxygen atoms in total. The highest BCUT2D eigenvalue weighted by atomic mass is 16.8. The first-order valence-corrected chi connectivity index (χ1v) is 37.7. The zero-order valence-corrected chi connectivity index (χ0v) is 58.6. The SMILES string of the molecule is CC/C=C\C/C=C\C/C=C\C/C=C\C/C=C\C/C=C\CCCCCCCCCCCCCCCCCCCCC(=O)NC(COC1OC(CO)C(OC2OC(CO)C(OC3OC(CO)C(O)C(O)C3O)C(O)C2O)C(O)C1O)C(O)CCCCCCCCCCCCCCC. The molecule has 0 radical (unpaired) electrons. The number of rotatable bonds is 58. The summed E-state index contributed by atoms with van der Waals surface area (Å²) >= 11 is 0. The minimum Gasteiger partial charge on any atom is -0.394 e. The van der Waals surface area contributed by atoms with E-state index in [1.165, 1.54) is 154 Å². The number of nitrogens with one attached hydrogen (secondary N) is 1. The van der Waals surface area contributed by atoms with Crippen molar-refractivity contribution < 1.29 is 89.4 Å². The predicted molar refractivity (Wildman–Crippen MR) is 374 cm³/mol. The number of allylic oxidation sites excluding steroid dienone is 12. The van der Waals surface area contributed by atoms with E-state index in [2.05, 4.69) is 92.1 Å². The molecule has 17 unspecified atom stereocenters. The normalized spacial score (nSPS) is 27.6. The molecule has 19 heteroatoms. The van der Waals surface area contributed by atoms with E-state index in [-0.39, 0.29) is 18.9 Å². The Balaban J connectivity index is 1.31. The summed E-state index contributed by atoms with van der Waals surface area (Å²) in [6.07, 6.45) is 45.7. The molecule has 3 aliphatic rings. The second kappa shape index (κ2) is 56.9. The van der Waals surface area contributed by atoms with E-state index in [1.807, 2.05) is 0 Å². The summed E-state index contributed by atoms with van der Waals surface area (Å²) in [6, 6.07) is -0.888. The summed E-state index contributed by atoms with van der Waals surface area (Å²) in [7, 11) is 0. The van der Waals surface area contributed by atoms with Gasteiger partial charge in [-0.1, -0.05) is 273 Å². The Morgan fingerprint density at radius 2 is 0.726 bits per heavy atom. The van der Waals surface area contributed by atoms with Gasteiger partial charge in [-0.25, -0.2) is 0 Å². The van der Waals surface area contributed by atoms with Crippen LogP contribution in [0, 0.1) is 0 Å². The molecule has 3 fully saturated rings. The highest BCUT2D eigenvalue weighted by Crippen LogP contribution is 2.33. The number of unbranched alkanes of at least 4 members (excludes halogenated alkanes) is 30. The van der Waals surface area contributed by atoms with E-state index >= 15 is 0 Å². The summed E-state index contributed by atoms with van der Waals surface area (Å²) in [5, 5.41) is 121.